The minimum atomic E-state index is 0.376. The molecule has 9 heteroatoms. The molecule has 0 bridgehead atoms. The first kappa shape index (κ1) is 18.0. The molecule has 0 aromatic carbocycles. The summed E-state index contributed by atoms with van der Waals surface area (Å²) in [5.41, 5.74) is 2.80. The maximum Gasteiger partial charge on any atom is 0.186 e. The third-order valence-electron chi connectivity index (χ3n) is 5.17. The first-order chi connectivity index (χ1) is 14.2. The molecule has 29 heavy (non-hydrogen) atoms. The Labute approximate surface area is 172 Å². The van der Waals surface area contributed by atoms with Crippen molar-refractivity contribution in [2.24, 2.45) is 0 Å². The summed E-state index contributed by atoms with van der Waals surface area (Å²) < 4.78 is 1.81. The number of nitrogens with zero attached hydrogens (tertiary/aromatic N) is 7. The fraction of sp³-hybridized carbons (Fsp3) is 0.350. The molecule has 4 aromatic heterocycles. The van der Waals surface area contributed by atoms with E-state index in [1.807, 2.05) is 41.9 Å². The van der Waals surface area contributed by atoms with Crippen molar-refractivity contribution >= 4 is 28.6 Å². The van der Waals surface area contributed by atoms with Gasteiger partial charge in [0.15, 0.2) is 11.5 Å². The third-order valence-corrected chi connectivity index (χ3v) is 5.85. The predicted molar refractivity (Wildman–Crippen MR) is 114 cm³/mol. The molecular formula is C20H22N8S. The summed E-state index contributed by atoms with van der Waals surface area (Å²) in [6, 6.07) is 8.41. The topological polar surface area (TPSA) is 84.1 Å². The second-order valence-corrected chi connectivity index (χ2v) is 8.12. The van der Waals surface area contributed by atoms with Gasteiger partial charge in [-0.15, -0.1) is 15.3 Å². The molecule has 1 aliphatic rings. The minimum absolute atomic E-state index is 0.376. The maximum atomic E-state index is 4.74. The smallest absolute Gasteiger partial charge is 0.186 e. The number of nitrogens with one attached hydrogen (secondary N) is 1. The maximum absolute atomic E-state index is 4.74. The lowest BCUT2D eigenvalue weighted by Crippen LogP contribution is -2.39. The van der Waals surface area contributed by atoms with E-state index in [-0.39, 0.29) is 0 Å². The van der Waals surface area contributed by atoms with Crippen LogP contribution in [0.15, 0.2) is 35.0 Å². The molecular weight excluding hydrogens is 384 g/mol. The van der Waals surface area contributed by atoms with Gasteiger partial charge in [0.05, 0.1) is 0 Å². The lowest BCUT2D eigenvalue weighted by molar-refractivity contribution is 0.521. The quantitative estimate of drug-likeness (QED) is 0.556. The number of thiophene rings is 1. The van der Waals surface area contributed by atoms with E-state index >= 15 is 0 Å². The van der Waals surface area contributed by atoms with E-state index in [0.717, 1.165) is 66.1 Å². The van der Waals surface area contributed by atoms with E-state index in [1.165, 1.54) is 0 Å². The number of anilines is 2. The molecule has 0 saturated carbocycles. The van der Waals surface area contributed by atoms with Gasteiger partial charge in [0.2, 0.25) is 0 Å². The summed E-state index contributed by atoms with van der Waals surface area (Å²) in [4.78, 5) is 11.3. The highest BCUT2D eigenvalue weighted by molar-refractivity contribution is 7.08. The van der Waals surface area contributed by atoms with Crippen molar-refractivity contribution in [2.75, 3.05) is 23.3 Å². The first-order valence-corrected chi connectivity index (χ1v) is 10.7. The Morgan fingerprint density at radius 2 is 1.93 bits per heavy atom. The molecule has 1 aliphatic heterocycles. The van der Waals surface area contributed by atoms with Crippen molar-refractivity contribution in [2.45, 2.75) is 32.7 Å². The highest BCUT2D eigenvalue weighted by Crippen LogP contribution is 2.23. The fourth-order valence-corrected chi connectivity index (χ4v) is 4.39. The van der Waals surface area contributed by atoms with Crippen LogP contribution in [0.1, 0.15) is 24.4 Å². The number of rotatable bonds is 4. The molecule has 1 saturated heterocycles. The molecule has 4 aromatic rings. The zero-order chi connectivity index (χ0) is 19.8. The number of hydrogen-bond acceptors (Lipinski definition) is 8. The molecule has 5 heterocycles. The molecule has 1 N–H and O–H groups in total. The molecule has 0 unspecified atom stereocenters. The van der Waals surface area contributed by atoms with Crippen LogP contribution in [-0.2, 0) is 0 Å². The van der Waals surface area contributed by atoms with Gasteiger partial charge in [-0.25, -0.2) is 9.97 Å². The largest absolute Gasteiger partial charge is 0.366 e. The van der Waals surface area contributed by atoms with Gasteiger partial charge >= 0.3 is 0 Å². The average Bonchev–Trinajstić information content (AvgIpc) is 3.37. The van der Waals surface area contributed by atoms with E-state index < -0.39 is 0 Å². The van der Waals surface area contributed by atoms with Crippen molar-refractivity contribution in [1.29, 1.82) is 0 Å². The Bertz CT molecular complexity index is 1110. The zero-order valence-corrected chi connectivity index (χ0v) is 17.2. The molecule has 8 nitrogen and oxygen atoms in total. The van der Waals surface area contributed by atoms with Crippen LogP contribution in [0.3, 0.4) is 0 Å². The van der Waals surface area contributed by atoms with E-state index in [4.69, 9.17) is 5.10 Å². The Balaban J connectivity index is 1.29. The lowest BCUT2D eigenvalue weighted by atomic mass is 10.1. The van der Waals surface area contributed by atoms with Gasteiger partial charge in [-0.1, -0.05) is 0 Å². The summed E-state index contributed by atoms with van der Waals surface area (Å²) in [7, 11) is 0. The van der Waals surface area contributed by atoms with Crippen LogP contribution in [-0.4, -0.2) is 48.9 Å². The first-order valence-electron chi connectivity index (χ1n) is 9.74. The van der Waals surface area contributed by atoms with E-state index in [9.17, 15) is 0 Å². The van der Waals surface area contributed by atoms with Gasteiger partial charge in [-0.2, -0.15) is 15.9 Å². The summed E-state index contributed by atoms with van der Waals surface area (Å²) >= 11 is 1.64. The summed E-state index contributed by atoms with van der Waals surface area (Å²) in [5.74, 6) is 3.47. The highest BCUT2D eigenvalue weighted by Gasteiger charge is 2.21. The van der Waals surface area contributed by atoms with Crippen molar-refractivity contribution in [1.82, 2.24) is 29.8 Å². The Kier molecular flexibility index (Phi) is 4.59. The number of aromatic nitrogens is 6. The monoisotopic (exact) mass is 406 g/mol. The van der Waals surface area contributed by atoms with Crippen LogP contribution in [0.25, 0.3) is 17.0 Å². The van der Waals surface area contributed by atoms with Crippen molar-refractivity contribution in [3.05, 3.63) is 46.5 Å². The normalized spacial score (nSPS) is 15.2. The van der Waals surface area contributed by atoms with Crippen LogP contribution >= 0.6 is 11.3 Å². The van der Waals surface area contributed by atoms with E-state index in [1.54, 1.807) is 11.3 Å². The Morgan fingerprint density at radius 3 is 2.69 bits per heavy atom. The van der Waals surface area contributed by atoms with Gasteiger partial charge in [-0.3, -0.25) is 0 Å². The second kappa shape index (κ2) is 7.40. The van der Waals surface area contributed by atoms with Crippen LogP contribution in [0.4, 0.5) is 11.6 Å². The van der Waals surface area contributed by atoms with Crippen molar-refractivity contribution in [3.8, 4) is 11.4 Å². The van der Waals surface area contributed by atoms with Gasteiger partial charge in [0, 0.05) is 41.8 Å². The predicted octanol–water partition coefficient (Wildman–Crippen LogP) is 3.34. The molecule has 5 rings (SSSR count). The number of piperidine rings is 1. The number of fused-ring (bicyclic) bond motifs is 1. The Hall–Kier alpha value is -3.07. The number of aryl methyl sites for hydroxylation is 2. The van der Waals surface area contributed by atoms with Crippen LogP contribution < -0.4 is 10.2 Å². The number of hydrogen-bond donors (Lipinski definition) is 1. The Morgan fingerprint density at radius 1 is 1.07 bits per heavy atom. The summed E-state index contributed by atoms with van der Waals surface area (Å²) in [6.45, 7) is 5.89. The molecule has 0 aliphatic carbocycles. The van der Waals surface area contributed by atoms with E-state index in [2.05, 4.69) is 41.8 Å². The van der Waals surface area contributed by atoms with Gasteiger partial charge in [0.25, 0.3) is 0 Å². The zero-order valence-electron chi connectivity index (χ0n) is 16.4. The SMILES string of the molecule is Cc1cc(N2CCC(Nc3ccc4nnc(-c5ccsc5)n4n3)CC2)nc(C)n1. The van der Waals surface area contributed by atoms with Crippen LogP contribution in [0.2, 0.25) is 0 Å². The minimum Gasteiger partial charge on any atom is -0.366 e. The highest BCUT2D eigenvalue weighted by atomic mass is 32.1. The van der Waals surface area contributed by atoms with Gasteiger partial charge in [0.1, 0.15) is 17.5 Å². The van der Waals surface area contributed by atoms with Gasteiger partial charge < -0.3 is 10.2 Å². The van der Waals surface area contributed by atoms with Gasteiger partial charge in [-0.05, 0) is 50.3 Å². The molecule has 0 spiro atoms. The molecule has 0 amide bonds. The van der Waals surface area contributed by atoms with Crippen molar-refractivity contribution < 1.29 is 0 Å². The molecule has 1 fully saturated rings. The lowest BCUT2D eigenvalue weighted by Gasteiger charge is -2.33. The molecule has 0 atom stereocenters. The third kappa shape index (κ3) is 3.65. The standard InChI is InChI=1S/C20H22N8S/c1-13-11-19(22-14(2)21-13)27-8-5-16(6-9-27)23-17-3-4-18-24-25-20(28(18)26-17)15-7-10-29-12-15/h3-4,7,10-12,16H,5-6,8-9H2,1-2H3,(H,23,26). The summed E-state index contributed by atoms with van der Waals surface area (Å²) in [5, 5.41) is 20.9. The van der Waals surface area contributed by atoms with Crippen LogP contribution in [0.5, 0.6) is 0 Å². The van der Waals surface area contributed by atoms with Crippen molar-refractivity contribution in [3.63, 3.8) is 0 Å². The average molecular weight is 407 g/mol. The molecule has 148 valence electrons. The van der Waals surface area contributed by atoms with Crippen LogP contribution in [0, 0.1) is 13.8 Å². The summed E-state index contributed by atoms with van der Waals surface area (Å²) in [6.07, 6.45) is 2.06. The second-order valence-electron chi connectivity index (χ2n) is 7.34. The molecule has 0 radical (unpaired) electrons. The van der Waals surface area contributed by atoms with E-state index in [0.29, 0.717) is 6.04 Å². The fourth-order valence-electron chi connectivity index (χ4n) is 3.76.